The highest BCUT2D eigenvalue weighted by molar-refractivity contribution is 5.96. The summed E-state index contributed by atoms with van der Waals surface area (Å²) >= 11 is 0. The van der Waals surface area contributed by atoms with Crippen LogP contribution in [0.3, 0.4) is 0 Å². The summed E-state index contributed by atoms with van der Waals surface area (Å²) in [6, 6.07) is 3.90. The normalized spacial score (nSPS) is 10.2. The molecule has 0 spiro atoms. The van der Waals surface area contributed by atoms with Crippen molar-refractivity contribution in [3.63, 3.8) is 0 Å². The first-order valence-corrected chi connectivity index (χ1v) is 6.36. The fourth-order valence-corrected chi connectivity index (χ4v) is 1.54. The number of nitrogens with zero attached hydrogens (tertiary/aromatic N) is 1. The van der Waals surface area contributed by atoms with Crippen molar-refractivity contribution >= 4 is 11.8 Å². The first-order valence-electron chi connectivity index (χ1n) is 6.36. The van der Waals surface area contributed by atoms with Gasteiger partial charge in [0.1, 0.15) is 13.0 Å². The molecular formula is C14H19NO4. The van der Waals surface area contributed by atoms with Gasteiger partial charge in [0, 0.05) is 19.0 Å². The summed E-state index contributed by atoms with van der Waals surface area (Å²) in [5.41, 5.74) is 1.19. The van der Waals surface area contributed by atoms with Crippen molar-refractivity contribution in [2.75, 3.05) is 19.8 Å². The van der Waals surface area contributed by atoms with Crippen LogP contribution >= 0.6 is 0 Å². The Morgan fingerprint density at radius 3 is 2.68 bits per heavy atom. The SMILES string of the molecule is CCOC(=O)CC(=O)COCCCc1ccncc1. The van der Waals surface area contributed by atoms with Crippen LogP contribution < -0.4 is 0 Å². The highest BCUT2D eigenvalue weighted by Crippen LogP contribution is 2.01. The Morgan fingerprint density at radius 1 is 1.26 bits per heavy atom. The molecule has 0 aliphatic heterocycles. The number of esters is 1. The summed E-state index contributed by atoms with van der Waals surface area (Å²) in [4.78, 5) is 26.3. The van der Waals surface area contributed by atoms with E-state index in [1.165, 1.54) is 5.56 Å². The lowest BCUT2D eigenvalue weighted by molar-refractivity contribution is -0.146. The van der Waals surface area contributed by atoms with Gasteiger partial charge in [0.15, 0.2) is 5.78 Å². The number of ketones is 1. The van der Waals surface area contributed by atoms with Crippen LogP contribution in [0.2, 0.25) is 0 Å². The zero-order valence-electron chi connectivity index (χ0n) is 11.1. The molecule has 0 saturated carbocycles. The van der Waals surface area contributed by atoms with Crippen LogP contribution in [0.5, 0.6) is 0 Å². The van der Waals surface area contributed by atoms with Crippen LogP contribution in [0.1, 0.15) is 25.3 Å². The topological polar surface area (TPSA) is 65.5 Å². The molecule has 19 heavy (non-hydrogen) atoms. The van der Waals surface area contributed by atoms with Crippen LogP contribution in [0.4, 0.5) is 0 Å². The van der Waals surface area contributed by atoms with E-state index in [-0.39, 0.29) is 18.8 Å². The minimum atomic E-state index is -0.493. The molecule has 1 heterocycles. The number of ether oxygens (including phenoxy) is 2. The second-order valence-corrected chi connectivity index (χ2v) is 4.03. The molecule has 0 radical (unpaired) electrons. The van der Waals surface area contributed by atoms with Crippen molar-refractivity contribution < 1.29 is 19.1 Å². The molecule has 0 unspecified atom stereocenters. The van der Waals surface area contributed by atoms with Gasteiger partial charge >= 0.3 is 5.97 Å². The number of aromatic nitrogens is 1. The van der Waals surface area contributed by atoms with Crippen molar-refractivity contribution in [1.82, 2.24) is 4.98 Å². The number of rotatable bonds is 9. The Bertz CT molecular complexity index is 392. The molecule has 0 aromatic carbocycles. The zero-order valence-corrected chi connectivity index (χ0v) is 11.1. The quantitative estimate of drug-likeness (QED) is 0.385. The summed E-state index contributed by atoms with van der Waals surface area (Å²) in [6.07, 6.45) is 5.00. The molecule has 0 N–H and O–H groups in total. The van der Waals surface area contributed by atoms with Crippen LogP contribution in [0, 0.1) is 0 Å². The van der Waals surface area contributed by atoms with E-state index in [1.807, 2.05) is 12.1 Å². The molecule has 0 saturated heterocycles. The summed E-state index contributed by atoms with van der Waals surface area (Å²) < 4.78 is 9.90. The largest absolute Gasteiger partial charge is 0.466 e. The number of hydrogen-bond donors (Lipinski definition) is 0. The van der Waals surface area contributed by atoms with Gasteiger partial charge in [0.25, 0.3) is 0 Å². The number of carbonyl (C=O) groups excluding carboxylic acids is 2. The van der Waals surface area contributed by atoms with E-state index in [1.54, 1.807) is 19.3 Å². The molecular weight excluding hydrogens is 246 g/mol. The van der Waals surface area contributed by atoms with Gasteiger partial charge in [-0.3, -0.25) is 14.6 Å². The smallest absolute Gasteiger partial charge is 0.313 e. The highest BCUT2D eigenvalue weighted by Gasteiger charge is 2.09. The van der Waals surface area contributed by atoms with E-state index in [2.05, 4.69) is 9.72 Å². The van der Waals surface area contributed by atoms with Gasteiger partial charge in [-0.1, -0.05) is 0 Å². The number of aryl methyl sites for hydroxylation is 1. The lowest BCUT2D eigenvalue weighted by Gasteiger charge is -2.04. The minimum absolute atomic E-state index is 0.0326. The Kier molecular flexibility index (Phi) is 7.43. The standard InChI is InChI=1S/C14H19NO4/c1-2-19-14(17)10-13(16)11-18-9-3-4-12-5-7-15-8-6-12/h5-8H,2-4,9-11H2,1H3. The monoisotopic (exact) mass is 265 g/mol. The predicted octanol–water partition coefficient (Wildman–Crippen LogP) is 1.55. The van der Waals surface area contributed by atoms with Gasteiger partial charge in [-0.15, -0.1) is 0 Å². The van der Waals surface area contributed by atoms with Gasteiger partial charge < -0.3 is 9.47 Å². The maximum Gasteiger partial charge on any atom is 0.313 e. The van der Waals surface area contributed by atoms with Crippen LogP contribution in [-0.2, 0) is 25.5 Å². The van der Waals surface area contributed by atoms with Gasteiger partial charge in [-0.05, 0) is 37.5 Å². The molecule has 1 aromatic heterocycles. The first-order chi connectivity index (χ1) is 9.22. The predicted molar refractivity (Wildman–Crippen MR) is 69.6 cm³/mol. The van der Waals surface area contributed by atoms with Gasteiger partial charge in [0.05, 0.1) is 6.61 Å². The van der Waals surface area contributed by atoms with Crippen LogP contribution in [-0.4, -0.2) is 36.6 Å². The lowest BCUT2D eigenvalue weighted by Crippen LogP contribution is -2.16. The van der Waals surface area contributed by atoms with Crippen LogP contribution in [0.15, 0.2) is 24.5 Å². The second kappa shape index (κ2) is 9.22. The third kappa shape index (κ3) is 7.31. The molecule has 0 bridgehead atoms. The second-order valence-electron chi connectivity index (χ2n) is 4.03. The van der Waals surface area contributed by atoms with E-state index in [4.69, 9.17) is 4.74 Å². The summed E-state index contributed by atoms with van der Waals surface area (Å²) in [6.45, 7) is 2.46. The van der Waals surface area contributed by atoms with E-state index >= 15 is 0 Å². The summed E-state index contributed by atoms with van der Waals surface area (Å²) in [5.74, 6) is -0.741. The molecule has 0 fully saturated rings. The lowest BCUT2D eigenvalue weighted by atomic mass is 10.1. The van der Waals surface area contributed by atoms with E-state index in [0.29, 0.717) is 13.2 Å². The zero-order chi connectivity index (χ0) is 13.9. The number of Topliss-reactive ketones (excluding diaryl/α,β-unsaturated/α-hetero) is 1. The maximum atomic E-state index is 11.3. The van der Waals surface area contributed by atoms with Crippen molar-refractivity contribution in [3.05, 3.63) is 30.1 Å². The highest BCUT2D eigenvalue weighted by atomic mass is 16.5. The molecule has 0 aliphatic carbocycles. The first kappa shape index (κ1) is 15.3. The molecule has 104 valence electrons. The average molecular weight is 265 g/mol. The molecule has 0 aliphatic rings. The Labute approximate surface area is 112 Å². The van der Waals surface area contributed by atoms with Crippen molar-refractivity contribution in [3.8, 4) is 0 Å². The van der Waals surface area contributed by atoms with Crippen LogP contribution in [0.25, 0.3) is 0 Å². The third-order valence-electron chi connectivity index (χ3n) is 2.41. The molecule has 0 atom stereocenters. The summed E-state index contributed by atoms with van der Waals surface area (Å²) in [5, 5.41) is 0. The summed E-state index contributed by atoms with van der Waals surface area (Å²) in [7, 11) is 0. The van der Waals surface area contributed by atoms with E-state index in [9.17, 15) is 9.59 Å². The Morgan fingerprint density at radius 2 is 2.00 bits per heavy atom. The van der Waals surface area contributed by atoms with Crippen molar-refractivity contribution in [1.29, 1.82) is 0 Å². The molecule has 1 aromatic rings. The maximum absolute atomic E-state index is 11.3. The Hall–Kier alpha value is -1.75. The Balaban J connectivity index is 2.04. The van der Waals surface area contributed by atoms with Crippen molar-refractivity contribution in [2.24, 2.45) is 0 Å². The van der Waals surface area contributed by atoms with E-state index in [0.717, 1.165) is 12.8 Å². The van der Waals surface area contributed by atoms with Gasteiger partial charge in [0.2, 0.25) is 0 Å². The molecule has 5 nitrogen and oxygen atoms in total. The van der Waals surface area contributed by atoms with Gasteiger partial charge in [-0.25, -0.2) is 0 Å². The molecule has 5 heteroatoms. The van der Waals surface area contributed by atoms with Crippen molar-refractivity contribution in [2.45, 2.75) is 26.2 Å². The fourth-order valence-electron chi connectivity index (χ4n) is 1.54. The third-order valence-corrected chi connectivity index (χ3v) is 2.41. The number of carbonyl (C=O) groups is 2. The number of hydrogen-bond acceptors (Lipinski definition) is 5. The molecule has 0 amide bonds. The van der Waals surface area contributed by atoms with Gasteiger partial charge in [-0.2, -0.15) is 0 Å². The number of pyridine rings is 1. The average Bonchev–Trinajstić information content (AvgIpc) is 2.39. The van der Waals surface area contributed by atoms with E-state index < -0.39 is 5.97 Å². The minimum Gasteiger partial charge on any atom is -0.466 e. The molecule has 1 rings (SSSR count). The fraction of sp³-hybridized carbons (Fsp3) is 0.500.